The van der Waals surface area contributed by atoms with Gasteiger partial charge in [0.25, 0.3) is 11.1 Å². The Balaban J connectivity index is 1.67. The summed E-state index contributed by atoms with van der Waals surface area (Å²) in [7, 11) is 1.58. The molecule has 8 heteroatoms. The average molecular weight is 508 g/mol. The molecule has 0 atom stereocenters. The number of carbonyl (C=O) groups excluding carboxylic acids is 2. The van der Waals surface area contributed by atoms with Crippen LogP contribution in [0.15, 0.2) is 41.3 Å². The quantitative estimate of drug-likeness (QED) is 0.228. The molecule has 0 aliphatic carbocycles. The van der Waals surface area contributed by atoms with E-state index in [-0.39, 0.29) is 5.02 Å². The highest BCUT2D eigenvalue weighted by Crippen LogP contribution is 2.38. The van der Waals surface area contributed by atoms with Crippen LogP contribution in [0.1, 0.15) is 51.0 Å². The first-order valence-corrected chi connectivity index (χ1v) is 12.6. The van der Waals surface area contributed by atoms with Gasteiger partial charge in [0.2, 0.25) is 0 Å². The molecule has 176 valence electrons. The molecule has 33 heavy (non-hydrogen) atoms. The summed E-state index contributed by atoms with van der Waals surface area (Å²) in [6, 6.07) is 10.1. The van der Waals surface area contributed by atoms with E-state index in [0.717, 1.165) is 35.1 Å². The van der Waals surface area contributed by atoms with Gasteiger partial charge in [-0.2, -0.15) is 0 Å². The number of imide groups is 1. The van der Waals surface area contributed by atoms with Gasteiger partial charge in [0.1, 0.15) is 0 Å². The van der Waals surface area contributed by atoms with Crippen LogP contribution >= 0.6 is 35.0 Å². The molecular formula is C25H27Cl2NO4S. The maximum Gasteiger partial charge on any atom is 0.298 e. The van der Waals surface area contributed by atoms with Crippen molar-refractivity contribution in [3.8, 4) is 11.5 Å². The minimum Gasteiger partial charge on any atom is -0.493 e. The second-order valence-corrected chi connectivity index (χ2v) is 9.45. The fourth-order valence-electron chi connectivity index (χ4n) is 3.42. The molecule has 0 spiro atoms. The molecule has 0 unspecified atom stereocenters. The third kappa shape index (κ3) is 6.69. The number of halogens is 2. The number of unbranched alkanes of at least 4 members (excludes halogenated alkanes) is 5. The van der Waals surface area contributed by atoms with Gasteiger partial charge in [-0.1, -0.05) is 68.3 Å². The van der Waals surface area contributed by atoms with Crippen molar-refractivity contribution in [3.63, 3.8) is 0 Å². The fourth-order valence-corrected chi connectivity index (χ4v) is 4.56. The summed E-state index contributed by atoms with van der Waals surface area (Å²) >= 11 is 12.9. The van der Waals surface area contributed by atoms with Crippen molar-refractivity contribution in [2.75, 3.05) is 18.6 Å². The van der Waals surface area contributed by atoms with Crippen LogP contribution in [0, 0.1) is 0 Å². The summed E-state index contributed by atoms with van der Waals surface area (Å²) < 4.78 is 11.4. The third-order valence-electron chi connectivity index (χ3n) is 5.20. The van der Waals surface area contributed by atoms with Gasteiger partial charge in [0.05, 0.1) is 34.4 Å². The number of hydrogen-bond acceptors (Lipinski definition) is 5. The first kappa shape index (κ1) is 25.5. The Morgan fingerprint density at radius 3 is 2.42 bits per heavy atom. The zero-order chi connectivity index (χ0) is 23.8. The van der Waals surface area contributed by atoms with Crippen LogP contribution in [0.5, 0.6) is 11.5 Å². The van der Waals surface area contributed by atoms with E-state index in [1.807, 2.05) is 12.1 Å². The van der Waals surface area contributed by atoms with E-state index in [1.54, 1.807) is 31.4 Å². The van der Waals surface area contributed by atoms with E-state index >= 15 is 0 Å². The molecule has 5 nitrogen and oxygen atoms in total. The predicted octanol–water partition coefficient (Wildman–Crippen LogP) is 7.98. The van der Waals surface area contributed by atoms with Crippen LogP contribution in [0.25, 0.3) is 6.08 Å². The summed E-state index contributed by atoms with van der Waals surface area (Å²) in [5.41, 5.74) is 1.12. The molecule has 0 aromatic heterocycles. The highest BCUT2D eigenvalue weighted by atomic mass is 35.5. The summed E-state index contributed by atoms with van der Waals surface area (Å²) in [6.07, 6.45) is 8.83. The number of methoxy groups -OCH3 is 1. The number of carbonyl (C=O) groups is 2. The zero-order valence-electron chi connectivity index (χ0n) is 18.7. The van der Waals surface area contributed by atoms with Gasteiger partial charge in [-0.15, -0.1) is 0 Å². The third-order valence-corrected chi connectivity index (χ3v) is 6.80. The second kappa shape index (κ2) is 12.4. The fraction of sp³-hybridized carbons (Fsp3) is 0.360. The highest BCUT2D eigenvalue weighted by molar-refractivity contribution is 8.19. The molecule has 3 rings (SSSR count). The van der Waals surface area contributed by atoms with Crippen LogP contribution < -0.4 is 14.4 Å². The molecule has 2 aromatic carbocycles. The van der Waals surface area contributed by atoms with Crippen LogP contribution in [0.4, 0.5) is 10.5 Å². The van der Waals surface area contributed by atoms with E-state index in [9.17, 15) is 9.59 Å². The van der Waals surface area contributed by atoms with Crippen molar-refractivity contribution in [3.05, 3.63) is 56.9 Å². The Hall–Kier alpha value is -2.15. The minimum absolute atomic E-state index is 0.276. The molecule has 1 saturated heterocycles. The van der Waals surface area contributed by atoms with Gasteiger partial charge in [0.15, 0.2) is 11.5 Å². The minimum atomic E-state index is -0.411. The van der Waals surface area contributed by atoms with Gasteiger partial charge >= 0.3 is 0 Å². The van der Waals surface area contributed by atoms with Crippen molar-refractivity contribution in [2.45, 2.75) is 45.4 Å². The van der Waals surface area contributed by atoms with Crippen LogP contribution in [0.3, 0.4) is 0 Å². The smallest absolute Gasteiger partial charge is 0.298 e. The summed E-state index contributed by atoms with van der Waals surface area (Å²) in [6.45, 7) is 2.84. The number of thioether (sulfide) groups is 1. The molecule has 2 amide bonds. The molecule has 1 aliphatic heterocycles. The summed E-state index contributed by atoms with van der Waals surface area (Å²) in [5.74, 6) is 0.830. The lowest BCUT2D eigenvalue weighted by Gasteiger charge is -2.13. The summed E-state index contributed by atoms with van der Waals surface area (Å²) in [4.78, 5) is 26.8. The Bertz CT molecular complexity index is 1040. The maximum atomic E-state index is 12.9. The molecule has 1 fully saturated rings. The lowest BCUT2D eigenvalue weighted by atomic mass is 10.1. The van der Waals surface area contributed by atoms with Crippen molar-refractivity contribution in [2.24, 2.45) is 0 Å². The van der Waals surface area contributed by atoms with E-state index in [1.165, 1.54) is 31.7 Å². The van der Waals surface area contributed by atoms with Crippen molar-refractivity contribution in [1.82, 2.24) is 0 Å². The first-order valence-electron chi connectivity index (χ1n) is 11.0. The van der Waals surface area contributed by atoms with Gasteiger partial charge in [-0.25, -0.2) is 4.90 Å². The largest absolute Gasteiger partial charge is 0.493 e. The lowest BCUT2D eigenvalue weighted by molar-refractivity contribution is -0.113. The van der Waals surface area contributed by atoms with Gasteiger partial charge in [-0.3, -0.25) is 9.59 Å². The van der Waals surface area contributed by atoms with Gasteiger partial charge in [0, 0.05) is 0 Å². The normalized spacial score (nSPS) is 14.9. The first-order chi connectivity index (χ1) is 15.9. The molecule has 1 aliphatic rings. The molecule has 0 N–H and O–H groups in total. The Kier molecular flexibility index (Phi) is 9.53. The molecule has 0 radical (unpaired) electrons. The van der Waals surface area contributed by atoms with E-state index in [4.69, 9.17) is 32.7 Å². The average Bonchev–Trinajstić information content (AvgIpc) is 3.08. The SMILES string of the molecule is CCCCCCCCOc1ccc(/C=C2\SC(=O)N(c3ccc(Cl)c(Cl)c3)C2=O)cc1OC. The van der Waals surface area contributed by atoms with E-state index < -0.39 is 11.1 Å². The topological polar surface area (TPSA) is 55.8 Å². The zero-order valence-corrected chi connectivity index (χ0v) is 21.1. The standard InChI is InChI=1S/C25H27Cl2NO4S/c1-3-4-5-6-7-8-13-32-21-12-9-17(14-22(21)31-2)15-23-24(29)28(25(30)33-23)18-10-11-19(26)20(27)16-18/h9-12,14-16H,3-8,13H2,1-2H3/b23-15-. The molecule has 1 heterocycles. The van der Waals surface area contributed by atoms with Gasteiger partial charge in [-0.05, 0) is 60.2 Å². The molecule has 0 bridgehead atoms. The molecule has 2 aromatic rings. The Morgan fingerprint density at radius 1 is 0.939 bits per heavy atom. The van der Waals surface area contributed by atoms with Crippen molar-refractivity contribution < 1.29 is 19.1 Å². The van der Waals surface area contributed by atoms with Crippen LogP contribution in [-0.4, -0.2) is 24.9 Å². The highest BCUT2D eigenvalue weighted by Gasteiger charge is 2.36. The number of nitrogens with zero attached hydrogens (tertiary/aromatic N) is 1. The summed E-state index contributed by atoms with van der Waals surface area (Å²) in [5, 5.41) is 0.239. The van der Waals surface area contributed by atoms with E-state index in [0.29, 0.717) is 33.7 Å². The predicted molar refractivity (Wildman–Crippen MR) is 137 cm³/mol. The number of hydrogen-bond donors (Lipinski definition) is 0. The lowest BCUT2D eigenvalue weighted by Crippen LogP contribution is -2.27. The van der Waals surface area contributed by atoms with Crippen LogP contribution in [0.2, 0.25) is 10.0 Å². The molecule has 0 saturated carbocycles. The van der Waals surface area contributed by atoms with Crippen molar-refractivity contribution in [1.29, 1.82) is 0 Å². The maximum absolute atomic E-state index is 12.9. The Labute approximate surface area is 209 Å². The molecular weight excluding hydrogens is 481 g/mol. The number of ether oxygens (including phenoxy) is 2. The number of benzene rings is 2. The van der Waals surface area contributed by atoms with Crippen molar-refractivity contribution >= 4 is 57.9 Å². The monoisotopic (exact) mass is 507 g/mol. The van der Waals surface area contributed by atoms with E-state index in [2.05, 4.69) is 6.92 Å². The van der Waals surface area contributed by atoms with Gasteiger partial charge < -0.3 is 9.47 Å². The number of rotatable bonds is 11. The van der Waals surface area contributed by atoms with Crippen LogP contribution in [-0.2, 0) is 4.79 Å². The number of amides is 2. The number of anilines is 1. The second-order valence-electron chi connectivity index (χ2n) is 7.64. The Morgan fingerprint density at radius 2 is 1.70 bits per heavy atom.